The van der Waals surface area contributed by atoms with Crippen LogP contribution in [0.15, 0.2) is 42.5 Å². The number of halogens is 1. The van der Waals surface area contributed by atoms with Crippen LogP contribution >= 0.6 is 0 Å². The zero-order chi connectivity index (χ0) is 13.1. The minimum absolute atomic E-state index is 0.298. The molecule has 0 heterocycles. The zero-order valence-corrected chi connectivity index (χ0v) is 10.7. The van der Waals surface area contributed by atoms with Gasteiger partial charge >= 0.3 is 0 Å². The fourth-order valence-corrected chi connectivity index (χ4v) is 2.02. The van der Waals surface area contributed by atoms with E-state index in [4.69, 9.17) is 0 Å². The molecule has 0 fully saturated rings. The maximum Gasteiger partial charge on any atom is 0.123 e. The summed E-state index contributed by atoms with van der Waals surface area (Å²) in [7, 11) is 0. The summed E-state index contributed by atoms with van der Waals surface area (Å²) < 4.78 is 13.3. The summed E-state index contributed by atoms with van der Waals surface area (Å²) in [4.78, 5) is 0. The molecule has 94 valence electrons. The molecule has 0 radical (unpaired) electrons. The summed E-state index contributed by atoms with van der Waals surface area (Å²) in [6.07, 6.45) is -0.162. The van der Waals surface area contributed by atoms with E-state index in [2.05, 4.69) is 0 Å². The molecule has 0 aliphatic heterocycles. The maximum absolute atomic E-state index is 13.3. The van der Waals surface area contributed by atoms with Crippen molar-refractivity contribution in [3.8, 4) is 0 Å². The molecule has 2 heteroatoms. The number of benzene rings is 2. The van der Waals surface area contributed by atoms with E-state index in [9.17, 15) is 9.50 Å². The van der Waals surface area contributed by atoms with Crippen LogP contribution in [0.5, 0.6) is 0 Å². The van der Waals surface area contributed by atoms with Gasteiger partial charge in [-0.2, -0.15) is 0 Å². The van der Waals surface area contributed by atoms with Crippen LogP contribution in [0.4, 0.5) is 4.39 Å². The highest BCUT2D eigenvalue weighted by atomic mass is 19.1. The predicted molar refractivity (Wildman–Crippen MR) is 71.0 cm³/mol. The Kier molecular flexibility index (Phi) is 3.78. The minimum atomic E-state index is -0.665. The van der Waals surface area contributed by atoms with Gasteiger partial charge in [0.25, 0.3) is 0 Å². The number of rotatable bonds is 3. The maximum atomic E-state index is 13.3. The van der Waals surface area contributed by atoms with Crippen LogP contribution in [0.25, 0.3) is 0 Å². The topological polar surface area (TPSA) is 20.2 Å². The highest BCUT2D eigenvalue weighted by Crippen LogP contribution is 2.20. The van der Waals surface area contributed by atoms with E-state index in [1.807, 2.05) is 44.2 Å². The van der Waals surface area contributed by atoms with Gasteiger partial charge in [-0.15, -0.1) is 0 Å². The lowest BCUT2D eigenvalue weighted by Gasteiger charge is -2.12. The minimum Gasteiger partial charge on any atom is -0.388 e. The lowest BCUT2D eigenvalue weighted by molar-refractivity contribution is 0.178. The first kappa shape index (κ1) is 12.8. The van der Waals surface area contributed by atoms with E-state index in [0.717, 1.165) is 11.1 Å². The molecule has 0 aromatic heterocycles. The number of aryl methyl sites for hydroxylation is 2. The third kappa shape index (κ3) is 3.17. The number of aliphatic hydroxyl groups excluding tert-OH is 1. The Hall–Kier alpha value is -1.67. The van der Waals surface area contributed by atoms with Gasteiger partial charge in [0.1, 0.15) is 5.82 Å². The van der Waals surface area contributed by atoms with Crippen LogP contribution in [0, 0.1) is 19.7 Å². The van der Waals surface area contributed by atoms with Crippen molar-refractivity contribution in [2.75, 3.05) is 0 Å². The number of hydrogen-bond acceptors (Lipinski definition) is 1. The predicted octanol–water partition coefficient (Wildman–Crippen LogP) is 3.72. The molecule has 0 saturated carbocycles. The molecule has 2 aromatic carbocycles. The van der Waals surface area contributed by atoms with Gasteiger partial charge in [-0.25, -0.2) is 4.39 Å². The van der Waals surface area contributed by atoms with Crippen LogP contribution in [-0.2, 0) is 6.42 Å². The first-order chi connectivity index (χ1) is 8.54. The Balaban J connectivity index is 2.16. The third-order valence-electron chi connectivity index (χ3n) is 3.00. The van der Waals surface area contributed by atoms with Gasteiger partial charge in [0.05, 0.1) is 6.10 Å². The van der Waals surface area contributed by atoms with Gasteiger partial charge < -0.3 is 5.11 Å². The summed E-state index contributed by atoms with van der Waals surface area (Å²) in [5.41, 5.74) is 3.70. The van der Waals surface area contributed by atoms with Crippen molar-refractivity contribution in [2.24, 2.45) is 0 Å². The number of hydrogen-bond donors (Lipinski definition) is 1. The Morgan fingerprint density at radius 2 is 1.67 bits per heavy atom. The summed E-state index contributed by atoms with van der Waals surface area (Å²) in [6.45, 7) is 3.85. The van der Waals surface area contributed by atoms with Gasteiger partial charge in [-0.05, 0) is 42.7 Å². The lowest BCUT2D eigenvalue weighted by Crippen LogP contribution is -2.02. The van der Waals surface area contributed by atoms with Crippen molar-refractivity contribution >= 4 is 0 Å². The largest absolute Gasteiger partial charge is 0.388 e. The highest BCUT2D eigenvalue weighted by molar-refractivity contribution is 5.28. The van der Waals surface area contributed by atoms with Gasteiger partial charge in [0, 0.05) is 6.42 Å². The van der Waals surface area contributed by atoms with Crippen molar-refractivity contribution in [2.45, 2.75) is 26.4 Å². The smallest absolute Gasteiger partial charge is 0.123 e. The molecule has 0 aliphatic carbocycles. The van der Waals surface area contributed by atoms with E-state index < -0.39 is 6.10 Å². The molecule has 1 atom stereocenters. The Morgan fingerprint density at radius 3 is 2.28 bits per heavy atom. The SMILES string of the molecule is Cc1ccc(CC(O)c2cc(C)cc(F)c2)cc1. The molecule has 0 amide bonds. The molecule has 1 N–H and O–H groups in total. The monoisotopic (exact) mass is 244 g/mol. The summed E-state index contributed by atoms with van der Waals surface area (Å²) in [6, 6.07) is 12.7. The fraction of sp³-hybridized carbons (Fsp3) is 0.250. The van der Waals surface area contributed by atoms with Crippen molar-refractivity contribution in [3.63, 3.8) is 0 Å². The second-order valence-electron chi connectivity index (χ2n) is 4.77. The molecule has 0 aliphatic rings. The summed E-state index contributed by atoms with van der Waals surface area (Å²) in [5.74, 6) is -0.298. The van der Waals surface area contributed by atoms with Gasteiger partial charge in [-0.1, -0.05) is 35.9 Å². The second kappa shape index (κ2) is 5.32. The molecule has 2 aromatic rings. The molecular weight excluding hydrogens is 227 g/mol. The molecule has 1 nitrogen and oxygen atoms in total. The van der Waals surface area contributed by atoms with E-state index in [-0.39, 0.29) is 5.82 Å². The highest BCUT2D eigenvalue weighted by Gasteiger charge is 2.10. The number of aliphatic hydroxyl groups is 1. The molecule has 2 rings (SSSR count). The average Bonchev–Trinajstić information content (AvgIpc) is 2.31. The quantitative estimate of drug-likeness (QED) is 0.872. The van der Waals surface area contributed by atoms with Crippen LogP contribution < -0.4 is 0 Å². The van der Waals surface area contributed by atoms with Crippen molar-refractivity contribution in [1.82, 2.24) is 0 Å². The third-order valence-corrected chi connectivity index (χ3v) is 3.00. The van der Waals surface area contributed by atoms with Crippen molar-refractivity contribution < 1.29 is 9.50 Å². The van der Waals surface area contributed by atoms with Crippen LogP contribution in [0.2, 0.25) is 0 Å². The molecular formula is C16H17FO. The van der Waals surface area contributed by atoms with Gasteiger partial charge in [0.15, 0.2) is 0 Å². The molecule has 0 spiro atoms. The Morgan fingerprint density at radius 1 is 1.00 bits per heavy atom. The Bertz CT molecular complexity index is 511. The van der Waals surface area contributed by atoms with Gasteiger partial charge in [0.2, 0.25) is 0 Å². The lowest BCUT2D eigenvalue weighted by atomic mass is 9.99. The molecule has 0 bridgehead atoms. The fourth-order valence-electron chi connectivity index (χ4n) is 2.02. The summed E-state index contributed by atoms with van der Waals surface area (Å²) >= 11 is 0. The van der Waals surface area contributed by atoms with Crippen LogP contribution in [0.3, 0.4) is 0 Å². The van der Waals surface area contributed by atoms with E-state index in [1.165, 1.54) is 17.7 Å². The van der Waals surface area contributed by atoms with Crippen LogP contribution in [-0.4, -0.2) is 5.11 Å². The van der Waals surface area contributed by atoms with Gasteiger partial charge in [-0.3, -0.25) is 0 Å². The van der Waals surface area contributed by atoms with Crippen molar-refractivity contribution in [3.05, 3.63) is 70.5 Å². The standard InChI is InChI=1S/C16H17FO/c1-11-3-5-13(6-4-11)9-16(18)14-7-12(2)8-15(17)10-14/h3-8,10,16,18H,9H2,1-2H3. The zero-order valence-electron chi connectivity index (χ0n) is 10.7. The first-order valence-corrected chi connectivity index (χ1v) is 6.05. The normalized spacial score (nSPS) is 12.4. The average molecular weight is 244 g/mol. The summed E-state index contributed by atoms with van der Waals surface area (Å²) in [5, 5.41) is 10.1. The van der Waals surface area contributed by atoms with E-state index >= 15 is 0 Å². The molecule has 1 unspecified atom stereocenters. The molecule has 18 heavy (non-hydrogen) atoms. The second-order valence-corrected chi connectivity index (χ2v) is 4.77. The van der Waals surface area contributed by atoms with Crippen LogP contribution in [0.1, 0.15) is 28.4 Å². The molecule has 0 saturated heterocycles. The Labute approximate surface area is 107 Å². The van der Waals surface area contributed by atoms with E-state index in [1.54, 1.807) is 0 Å². The first-order valence-electron chi connectivity index (χ1n) is 6.05. The van der Waals surface area contributed by atoms with E-state index in [0.29, 0.717) is 12.0 Å². The van der Waals surface area contributed by atoms with Crippen molar-refractivity contribution in [1.29, 1.82) is 0 Å².